The summed E-state index contributed by atoms with van der Waals surface area (Å²) in [5, 5.41) is 19.6. The van der Waals surface area contributed by atoms with Gasteiger partial charge in [-0.1, -0.05) is 36.4 Å². The number of amides is 1. The first-order valence-corrected chi connectivity index (χ1v) is 9.46. The summed E-state index contributed by atoms with van der Waals surface area (Å²) in [6.45, 7) is 2.34. The molecule has 0 bridgehead atoms. The molecule has 1 atom stereocenters. The summed E-state index contributed by atoms with van der Waals surface area (Å²) >= 11 is 0. The number of ether oxygens (including phenoxy) is 1. The average Bonchev–Trinajstić information content (AvgIpc) is 3.19. The molecule has 0 spiro atoms. The number of aromatic nitrogens is 2. The molecule has 30 heavy (non-hydrogen) atoms. The molecule has 1 unspecified atom stereocenters. The molecule has 2 aromatic carbocycles. The number of allylic oxidation sites excluding steroid dienone is 1. The zero-order valence-corrected chi connectivity index (χ0v) is 16.2. The molecule has 1 aliphatic heterocycles. The molecule has 3 aromatic rings. The summed E-state index contributed by atoms with van der Waals surface area (Å²) in [6.07, 6.45) is 2.98. The molecule has 1 aromatic heterocycles. The van der Waals surface area contributed by atoms with Gasteiger partial charge in [0.2, 0.25) is 0 Å². The van der Waals surface area contributed by atoms with E-state index in [0.717, 1.165) is 5.56 Å². The molecule has 0 fully saturated rings. The Hall–Kier alpha value is -4.07. The summed E-state index contributed by atoms with van der Waals surface area (Å²) in [4.78, 5) is 24.6. The second-order valence-electron chi connectivity index (χ2n) is 6.60. The Bertz CT molecular complexity index is 1120. The van der Waals surface area contributed by atoms with Crippen LogP contribution in [-0.2, 0) is 4.79 Å². The molecule has 1 amide bonds. The van der Waals surface area contributed by atoms with E-state index in [0.29, 0.717) is 23.9 Å². The van der Waals surface area contributed by atoms with Crippen LogP contribution in [0.3, 0.4) is 0 Å². The lowest BCUT2D eigenvalue weighted by atomic mass is 10.0. The van der Waals surface area contributed by atoms with Crippen LogP contribution >= 0.6 is 0 Å². The van der Waals surface area contributed by atoms with Crippen LogP contribution < -0.4 is 15.4 Å². The van der Waals surface area contributed by atoms with Crippen molar-refractivity contribution in [3.05, 3.63) is 83.7 Å². The second-order valence-corrected chi connectivity index (χ2v) is 6.60. The predicted molar refractivity (Wildman–Crippen MR) is 112 cm³/mol. The van der Waals surface area contributed by atoms with Crippen molar-refractivity contribution in [3.63, 3.8) is 0 Å². The number of nitrogens with zero attached hydrogens (tertiary/aromatic N) is 2. The maximum absolute atomic E-state index is 12.8. The molecule has 0 radical (unpaired) electrons. The Labute approximate surface area is 172 Å². The Morgan fingerprint density at radius 3 is 2.63 bits per heavy atom. The van der Waals surface area contributed by atoms with Crippen molar-refractivity contribution in [2.75, 3.05) is 17.2 Å². The van der Waals surface area contributed by atoms with Gasteiger partial charge in [0.1, 0.15) is 28.9 Å². The van der Waals surface area contributed by atoms with Gasteiger partial charge in [-0.05, 0) is 31.2 Å². The minimum absolute atomic E-state index is 0.0342. The van der Waals surface area contributed by atoms with E-state index in [1.54, 1.807) is 22.9 Å². The van der Waals surface area contributed by atoms with Gasteiger partial charge in [-0.2, -0.15) is 5.10 Å². The number of nitrogens with one attached hydrogen (secondary N) is 2. The van der Waals surface area contributed by atoms with Gasteiger partial charge in [-0.3, -0.25) is 4.79 Å². The van der Waals surface area contributed by atoms with E-state index in [1.165, 1.54) is 6.20 Å². The smallest absolute Gasteiger partial charge is 0.352 e. The zero-order chi connectivity index (χ0) is 21.1. The van der Waals surface area contributed by atoms with Crippen molar-refractivity contribution in [2.45, 2.75) is 13.0 Å². The van der Waals surface area contributed by atoms with Gasteiger partial charge in [0, 0.05) is 11.3 Å². The number of carboxylic acids is 1. The van der Waals surface area contributed by atoms with Crippen molar-refractivity contribution in [2.24, 2.45) is 0 Å². The summed E-state index contributed by atoms with van der Waals surface area (Å²) in [5.74, 6) is -0.585. The first-order chi connectivity index (χ1) is 14.6. The lowest BCUT2D eigenvalue weighted by Crippen LogP contribution is -2.26. The lowest BCUT2D eigenvalue weighted by molar-refractivity contribution is -0.132. The topological polar surface area (TPSA) is 105 Å². The lowest BCUT2D eigenvalue weighted by Gasteiger charge is -2.25. The fourth-order valence-electron chi connectivity index (χ4n) is 3.34. The number of carbonyl (C=O) groups is 2. The fraction of sp³-hybridized carbons (Fsp3) is 0.136. The summed E-state index contributed by atoms with van der Waals surface area (Å²) < 4.78 is 7.30. The van der Waals surface area contributed by atoms with E-state index in [-0.39, 0.29) is 11.3 Å². The van der Waals surface area contributed by atoms with Crippen molar-refractivity contribution < 1.29 is 19.4 Å². The maximum Gasteiger partial charge on any atom is 0.352 e. The molecule has 152 valence electrons. The van der Waals surface area contributed by atoms with Gasteiger partial charge in [0.15, 0.2) is 0 Å². The third-order valence-corrected chi connectivity index (χ3v) is 4.68. The van der Waals surface area contributed by atoms with Crippen molar-refractivity contribution in [1.82, 2.24) is 9.78 Å². The normalized spacial score (nSPS) is 14.8. The SMILES string of the molecule is CCOc1ccccc1C1C=C(C(=O)O)Nc2c(C(=O)Nc3ccccc3)cnn21. The fourth-order valence-corrected chi connectivity index (χ4v) is 3.34. The highest BCUT2D eigenvalue weighted by Gasteiger charge is 2.30. The van der Waals surface area contributed by atoms with Crippen LogP contribution in [0.4, 0.5) is 11.5 Å². The Balaban J connectivity index is 1.75. The van der Waals surface area contributed by atoms with Gasteiger partial charge >= 0.3 is 5.97 Å². The van der Waals surface area contributed by atoms with Gasteiger partial charge < -0.3 is 20.5 Å². The van der Waals surface area contributed by atoms with E-state index in [2.05, 4.69) is 15.7 Å². The molecule has 8 heteroatoms. The Kier molecular flexibility index (Phi) is 5.21. The molecule has 0 saturated carbocycles. The van der Waals surface area contributed by atoms with Gasteiger partial charge in [0.25, 0.3) is 5.91 Å². The Morgan fingerprint density at radius 1 is 1.17 bits per heavy atom. The quantitative estimate of drug-likeness (QED) is 0.581. The van der Waals surface area contributed by atoms with Crippen LogP contribution in [-0.4, -0.2) is 33.4 Å². The van der Waals surface area contributed by atoms with Gasteiger partial charge in [0.05, 0.1) is 12.8 Å². The van der Waals surface area contributed by atoms with Crippen molar-refractivity contribution >= 4 is 23.4 Å². The molecule has 0 saturated heterocycles. The highest BCUT2D eigenvalue weighted by Crippen LogP contribution is 2.36. The van der Waals surface area contributed by atoms with Crippen LogP contribution in [0.2, 0.25) is 0 Å². The number of hydrogen-bond acceptors (Lipinski definition) is 5. The van der Waals surface area contributed by atoms with E-state index in [1.807, 2.05) is 49.4 Å². The first kappa shape index (κ1) is 19.3. The standard InChI is InChI=1S/C22H20N4O4/c1-2-30-19-11-7-6-10-15(19)18-12-17(22(28)29)25-20-16(13-23-26(18)20)21(27)24-14-8-4-3-5-9-14/h3-13,18,25H,2H2,1H3,(H,24,27)(H,28,29). The number of rotatable bonds is 6. The summed E-state index contributed by atoms with van der Waals surface area (Å²) in [7, 11) is 0. The third kappa shape index (κ3) is 3.62. The number of carboxylic acid groups (broad SMARTS) is 1. The highest BCUT2D eigenvalue weighted by atomic mass is 16.5. The molecule has 3 N–H and O–H groups in total. The van der Waals surface area contributed by atoms with E-state index >= 15 is 0 Å². The van der Waals surface area contributed by atoms with E-state index in [4.69, 9.17) is 4.74 Å². The average molecular weight is 404 g/mol. The Morgan fingerprint density at radius 2 is 1.90 bits per heavy atom. The molecular weight excluding hydrogens is 384 g/mol. The largest absolute Gasteiger partial charge is 0.494 e. The van der Waals surface area contributed by atoms with Crippen molar-refractivity contribution in [1.29, 1.82) is 0 Å². The van der Waals surface area contributed by atoms with Crippen LogP contribution in [0.5, 0.6) is 5.75 Å². The number of anilines is 2. The van der Waals surface area contributed by atoms with Crippen LogP contribution in [0.25, 0.3) is 0 Å². The van der Waals surface area contributed by atoms with E-state index in [9.17, 15) is 14.7 Å². The molecule has 2 heterocycles. The first-order valence-electron chi connectivity index (χ1n) is 9.46. The number of fused-ring (bicyclic) bond motifs is 1. The van der Waals surface area contributed by atoms with Crippen molar-refractivity contribution in [3.8, 4) is 5.75 Å². The van der Waals surface area contributed by atoms with Crippen LogP contribution in [0, 0.1) is 0 Å². The van der Waals surface area contributed by atoms with Gasteiger partial charge in [-0.15, -0.1) is 0 Å². The third-order valence-electron chi connectivity index (χ3n) is 4.68. The van der Waals surface area contributed by atoms with E-state index < -0.39 is 17.9 Å². The summed E-state index contributed by atoms with van der Waals surface area (Å²) in [5.41, 5.74) is 1.59. The zero-order valence-electron chi connectivity index (χ0n) is 16.2. The molecule has 4 rings (SSSR count). The number of carbonyl (C=O) groups excluding carboxylic acids is 1. The molecule has 8 nitrogen and oxygen atoms in total. The second kappa shape index (κ2) is 8.12. The summed E-state index contributed by atoms with van der Waals surface area (Å²) in [6, 6.07) is 15.8. The minimum atomic E-state index is -1.13. The minimum Gasteiger partial charge on any atom is -0.494 e. The number of para-hydroxylation sites is 2. The number of benzene rings is 2. The molecule has 0 aliphatic carbocycles. The van der Waals surface area contributed by atoms with Crippen LogP contribution in [0.1, 0.15) is 28.9 Å². The predicted octanol–water partition coefficient (Wildman–Crippen LogP) is 3.52. The van der Waals surface area contributed by atoms with Gasteiger partial charge in [-0.25, -0.2) is 9.48 Å². The maximum atomic E-state index is 12.8. The monoisotopic (exact) mass is 404 g/mol. The number of aliphatic carboxylic acids is 1. The molecular formula is C22H20N4O4. The van der Waals surface area contributed by atoms with Crippen LogP contribution in [0.15, 0.2) is 72.6 Å². The number of hydrogen-bond donors (Lipinski definition) is 3. The molecule has 1 aliphatic rings. The highest BCUT2D eigenvalue weighted by molar-refractivity contribution is 6.08.